The summed E-state index contributed by atoms with van der Waals surface area (Å²) < 4.78 is 1.83. The van der Waals surface area contributed by atoms with Gasteiger partial charge in [0.2, 0.25) is 11.1 Å². The first kappa shape index (κ1) is 20.8. The highest BCUT2D eigenvalue weighted by atomic mass is 32.2. The molecule has 158 valence electrons. The number of hydrogen-bond donors (Lipinski definition) is 0. The maximum Gasteiger partial charge on any atom is 0.253 e. The number of rotatable bonds is 9. The van der Waals surface area contributed by atoms with Crippen molar-refractivity contribution in [2.75, 3.05) is 5.75 Å². The second-order valence-corrected chi connectivity index (χ2v) is 8.94. The Balaban J connectivity index is 1.46. The van der Waals surface area contributed by atoms with Crippen LogP contribution in [0.2, 0.25) is 0 Å². The van der Waals surface area contributed by atoms with E-state index in [0.717, 1.165) is 43.5 Å². The zero-order valence-electron chi connectivity index (χ0n) is 18.0. The summed E-state index contributed by atoms with van der Waals surface area (Å²) in [5, 5.41) is 5.25. The third kappa shape index (κ3) is 4.67. The van der Waals surface area contributed by atoms with Gasteiger partial charge < -0.3 is 4.90 Å². The number of aryl methyl sites for hydroxylation is 2. The first-order valence-corrected chi connectivity index (χ1v) is 11.7. The van der Waals surface area contributed by atoms with Gasteiger partial charge in [-0.3, -0.25) is 4.79 Å². The molecule has 0 atom stereocenters. The highest BCUT2D eigenvalue weighted by Crippen LogP contribution is 2.29. The van der Waals surface area contributed by atoms with Gasteiger partial charge in [-0.25, -0.2) is 9.50 Å². The van der Waals surface area contributed by atoms with E-state index in [0.29, 0.717) is 29.3 Å². The van der Waals surface area contributed by atoms with E-state index >= 15 is 0 Å². The molecule has 30 heavy (non-hydrogen) atoms. The molecule has 7 heteroatoms. The summed E-state index contributed by atoms with van der Waals surface area (Å²) in [5.74, 6) is 1.11. The van der Waals surface area contributed by atoms with E-state index in [1.54, 1.807) is 0 Å². The second-order valence-electron chi connectivity index (χ2n) is 8.00. The molecule has 1 amide bonds. The maximum atomic E-state index is 12.9. The summed E-state index contributed by atoms with van der Waals surface area (Å²) >= 11 is 1.40. The topological polar surface area (TPSA) is 63.4 Å². The summed E-state index contributed by atoms with van der Waals surface area (Å²) in [5.41, 5.74) is 4.55. The molecular formula is C23H29N5OS. The fourth-order valence-electron chi connectivity index (χ4n) is 3.76. The van der Waals surface area contributed by atoms with Gasteiger partial charge in [0.25, 0.3) is 5.78 Å². The van der Waals surface area contributed by atoms with Crippen LogP contribution in [-0.4, -0.2) is 42.2 Å². The van der Waals surface area contributed by atoms with E-state index in [2.05, 4.69) is 41.0 Å². The van der Waals surface area contributed by atoms with E-state index in [9.17, 15) is 4.79 Å². The summed E-state index contributed by atoms with van der Waals surface area (Å²) in [7, 11) is 0. The van der Waals surface area contributed by atoms with Gasteiger partial charge >= 0.3 is 0 Å². The van der Waals surface area contributed by atoms with Crippen LogP contribution in [0.1, 0.15) is 55.1 Å². The number of fused-ring (bicyclic) bond motifs is 1. The van der Waals surface area contributed by atoms with Crippen molar-refractivity contribution in [3.63, 3.8) is 0 Å². The number of thioether (sulfide) groups is 1. The molecule has 2 aromatic heterocycles. The number of nitrogens with zero attached hydrogens (tertiary/aromatic N) is 5. The van der Waals surface area contributed by atoms with Crippen molar-refractivity contribution in [1.29, 1.82) is 0 Å². The Morgan fingerprint density at radius 2 is 1.97 bits per heavy atom. The molecule has 0 spiro atoms. The molecule has 1 saturated carbocycles. The third-order valence-electron chi connectivity index (χ3n) is 5.64. The zero-order chi connectivity index (χ0) is 21.1. The molecule has 0 bridgehead atoms. The van der Waals surface area contributed by atoms with Crippen LogP contribution in [0.5, 0.6) is 0 Å². The Morgan fingerprint density at radius 3 is 2.67 bits per heavy atom. The summed E-state index contributed by atoms with van der Waals surface area (Å²) in [6, 6.07) is 10.6. The molecule has 2 heterocycles. The van der Waals surface area contributed by atoms with Crippen molar-refractivity contribution in [3.8, 4) is 0 Å². The van der Waals surface area contributed by atoms with Gasteiger partial charge in [0, 0.05) is 24.0 Å². The number of hydrogen-bond acceptors (Lipinski definition) is 5. The number of unbranched alkanes of at least 4 members (excludes halogenated alkanes) is 1. The van der Waals surface area contributed by atoms with Crippen LogP contribution in [0.15, 0.2) is 35.5 Å². The summed E-state index contributed by atoms with van der Waals surface area (Å²) in [6.45, 7) is 6.99. The zero-order valence-corrected chi connectivity index (χ0v) is 18.8. The lowest BCUT2D eigenvalue weighted by atomic mass is 10.1. The van der Waals surface area contributed by atoms with Gasteiger partial charge in [0.15, 0.2) is 0 Å². The van der Waals surface area contributed by atoms with Gasteiger partial charge in [0.1, 0.15) is 0 Å². The molecule has 6 nitrogen and oxygen atoms in total. The second kappa shape index (κ2) is 9.16. The maximum absolute atomic E-state index is 12.9. The molecular weight excluding hydrogens is 394 g/mol. The van der Waals surface area contributed by atoms with Gasteiger partial charge in [-0.15, -0.1) is 5.10 Å². The number of aromatic nitrogens is 4. The Morgan fingerprint density at radius 1 is 1.20 bits per heavy atom. The smallest absolute Gasteiger partial charge is 0.253 e. The molecule has 0 N–H and O–H groups in total. The quantitative estimate of drug-likeness (QED) is 0.478. The normalized spacial score (nSPS) is 13.7. The van der Waals surface area contributed by atoms with Crippen molar-refractivity contribution < 1.29 is 4.79 Å². The van der Waals surface area contributed by atoms with Crippen molar-refractivity contribution >= 4 is 23.4 Å². The van der Waals surface area contributed by atoms with E-state index in [1.807, 2.05) is 34.5 Å². The molecule has 1 aliphatic carbocycles. The average Bonchev–Trinajstić information content (AvgIpc) is 3.50. The number of carbonyl (C=O) groups excluding carboxylic acids is 1. The van der Waals surface area contributed by atoms with E-state index in [-0.39, 0.29) is 5.91 Å². The van der Waals surface area contributed by atoms with E-state index < -0.39 is 0 Å². The third-order valence-corrected chi connectivity index (χ3v) is 6.46. The van der Waals surface area contributed by atoms with Crippen molar-refractivity contribution in [1.82, 2.24) is 24.5 Å². The summed E-state index contributed by atoms with van der Waals surface area (Å²) in [6.07, 6.45) is 5.49. The molecule has 4 rings (SSSR count). The van der Waals surface area contributed by atoms with Crippen molar-refractivity contribution in [3.05, 3.63) is 52.8 Å². The predicted octanol–water partition coefficient (Wildman–Crippen LogP) is 4.37. The van der Waals surface area contributed by atoms with E-state index in [4.69, 9.17) is 0 Å². The lowest BCUT2D eigenvalue weighted by Crippen LogP contribution is -2.33. The molecule has 3 aromatic rings. The Bertz CT molecular complexity index is 1030. The standard InChI is InChI=1S/C23H29N5OS/c1-4-5-11-20-16(2)24-22-25-23(26-28(22)17(20)3)30-15-21(29)27(19-12-13-19)14-18-9-7-6-8-10-18/h6-10,19H,4-5,11-15H2,1-3H3. The van der Waals surface area contributed by atoms with Crippen LogP contribution in [0.25, 0.3) is 5.78 Å². The number of amides is 1. The molecule has 0 unspecified atom stereocenters. The van der Waals surface area contributed by atoms with Crippen molar-refractivity contribution in [2.45, 2.75) is 70.6 Å². The minimum atomic E-state index is 0.148. The minimum absolute atomic E-state index is 0.148. The first-order valence-electron chi connectivity index (χ1n) is 10.8. The molecule has 0 aliphatic heterocycles. The molecule has 1 fully saturated rings. The molecule has 1 aromatic carbocycles. The molecule has 0 radical (unpaired) electrons. The predicted molar refractivity (Wildman–Crippen MR) is 120 cm³/mol. The van der Waals surface area contributed by atoms with Crippen LogP contribution in [0.4, 0.5) is 0 Å². The van der Waals surface area contributed by atoms with Crippen LogP contribution < -0.4 is 0 Å². The summed E-state index contributed by atoms with van der Waals surface area (Å²) in [4.78, 5) is 24.2. The van der Waals surface area contributed by atoms with Crippen molar-refractivity contribution in [2.24, 2.45) is 0 Å². The van der Waals surface area contributed by atoms with Crippen LogP contribution in [0, 0.1) is 13.8 Å². The number of carbonyl (C=O) groups is 1. The molecule has 1 aliphatic rings. The van der Waals surface area contributed by atoms with Gasteiger partial charge in [-0.2, -0.15) is 4.98 Å². The van der Waals surface area contributed by atoms with Gasteiger partial charge in [0.05, 0.1) is 5.75 Å². The first-order chi connectivity index (χ1) is 14.6. The van der Waals surface area contributed by atoms with E-state index in [1.165, 1.54) is 22.9 Å². The van der Waals surface area contributed by atoms with Gasteiger partial charge in [-0.05, 0) is 50.7 Å². The minimum Gasteiger partial charge on any atom is -0.335 e. The SMILES string of the molecule is CCCCc1c(C)nc2nc(SCC(=O)N(Cc3ccccc3)C3CC3)nn2c1C. The lowest BCUT2D eigenvalue weighted by molar-refractivity contribution is -0.129. The fraction of sp³-hybridized carbons (Fsp3) is 0.478. The van der Waals surface area contributed by atoms with Crippen LogP contribution >= 0.6 is 11.8 Å². The Labute approximate surface area is 182 Å². The fourth-order valence-corrected chi connectivity index (χ4v) is 4.47. The highest BCUT2D eigenvalue weighted by molar-refractivity contribution is 7.99. The Hall–Kier alpha value is -2.41. The average molecular weight is 424 g/mol. The van der Waals surface area contributed by atoms with Crippen LogP contribution in [0.3, 0.4) is 0 Å². The van der Waals surface area contributed by atoms with Crippen LogP contribution in [-0.2, 0) is 17.8 Å². The lowest BCUT2D eigenvalue weighted by Gasteiger charge is -2.22. The monoisotopic (exact) mass is 423 g/mol. The Kier molecular flexibility index (Phi) is 6.37. The van der Waals surface area contributed by atoms with Gasteiger partial charge in [-0.1, -0.05) is 55.4 Å². The molecule has 0 saturated heterocycles. The highest BCUT2D eigenvalue weighted by Gasteiger charge is 2.32. The largest absolute Gasteiger partial charge is 0.335 e. The number of benzene rings is 1.